The van der Waals surface area contributed by atoms with Crippen LogP contribution in [0, 0.1) is 6.92 Å². The Labute approximate surface area is 139 Å². The number of hydrogen-bond acceptors (Lipinski definition) is 4. The van der Waals surface area contributed by atoms with Crippen molar-refractivity contribution >= 4 is 38.3 Å². The van der Waals surface area contributed by atoms with Gasteiger partial charge in [0.1, 0.15) is 5.75 Å². The Balaban J connectivity index is 2.35. The number of aromatic nitrogens is 1. The molecule has 0 fully saturated rings. The van der Waals surface area contributed by atoms with Crippen LogP contribution in [0.5, 0.6) is 5.75 Å². The lowest BCUT2D eigenvalue weighted by Gasteiger charge is -2.12. The van der Waals surface area contributed by atoms with Gasteiger partial charge in [-0.1, -0.05) is 35.1 Å². The molecular weight excluding hydrogens is 316 g/mol. The first-order chi connectivity index (χ1) is 10.5. The summed E-state index contributed by atoms with van der Waals surface area (Å²) >= 11 is 7.69. The predicted molar refractivity (Wildman–Crippen MR) is 95.7 cm³/mol. The number of benzene rings is 2. The van der Waals surface area contributed by atoms with Gasteiger partial charge in [-0.05, 0) is 36.2 Å². The van der Waals surface area contributed by atoms with Crippen molar-refractivity contribution in [3.8, 4) is 16.9 Å². The van der Waals surface area contributed by atoms with Crippen molar-refractivity contribution in [2.24, 2.45) is 0 Å². The number of ether oxygens (including phenoxy) is 1. The molecule has 0 bridgehead atoms. The van der Waals surface area contributed by atoms with E-state index in [1.54, 1.807) is 18.4 Å². The zero-order valence-electron chi connectivity index (χ0n) is 13.0. The first kappa shape index (κ1) is 15.1. The molecule has 1 aromatic heterocycles. The molecular formula is C17H17ClN2OS. The van der Waals surface area contributed by atoms with Gasteiger partial charge in [-0.25, -0.2) is 4.98 Å². The maximum Gasteiger partial charge on any atom is 0.185 e. The van der Waals surface area contributed by atoms with Crippen LogP contribution >= 0.6 is 22.9 Å². The average Bonchev–Trinajstić information content (AvgIpc) is 2.90. The van der Waals surface area contributed by atoms with Gasteiger partial charge in [-0.3, -0.25) is 0 Å². The molecule has 0 aliphatic carbocycles. The Morgan fingerprint density at radius 1 is 1.18 bits per heavy atom. The molecule has 0 spiro atoms. The fraction of sp³-hybridized carbons (Fsp3) is 0.235. The van der Waals surface area contributed by atoms with E-state index in [9.17, 15) is 0 Å². The largest absolute Gasteiger partial charge is 0.496 e. The smallest absolute Gasteiger partial charge is 0.185 e. The molecule has 0 atom stereocenters. The number of methoxy groups -OCH3 is 1. The van der Waals surface area contributed by atoms with Gasteiger partial charge in [0.2, 0.25) is 0 Å². The predicted octanol–water partition coefficient (Wildman–Crippen LogP) is 5.00. The van der Waals surface area contributed by atoms with Crippen molar-refractivity contribution in [2.75, 3.05) is 26.1 Å². The molecule has 114 valence electrons. The molecule has 0 radical (unpaired) electrons. The lowest BCUT2D eigenvalue weighted by molar-refractivity contribution is 0.414. The first-order valence-electron chi connectivity index (χ1n) is 6.92. The average molecular weight is 333 g/mol. The van der Waals surface area contributed by atoms with E-state index < -0.39 is 0 Å². The van der Waals surface area contributed by atoms with Gasteiger partial charge in [0.25, 0.3) is 0 Å². The summed E-state index contributed by atoms with van der Waals surface area (Å²) in [4.78, 5) is 6.74. The number of anilines is 1. The van der Waals surface area contributed by atoms with E-state index in [1.807, 2.05) is 50.2 Å². The van der Waals surface area contributed by atoms with Gasteiger partial charge >= 0.3 is 0 Å². The van der Waals surface area contributed by atoms with Crippen LogP contribution in [-0.2, 0) is 0 Å². The van der Waals surface area contributed by atoms with Crippen LogP contribution in [-0.4, -0.2) is 26.2 Å². The minimum Gasteiger partial charge on any atom is -0.496 e. The number of nitrogens with zero attached hydrogens (tertiary/aromatic N) is 2. The van der Waals surface area contributed by atoms with Crippen molar-refractivity contribution in [3.63, 3.8) is 0 Å². The zero-order valence-corrected chi connectivity index (χ0v) is 14.5. The maximum atomic E-state index is 6.02. The second-order valence-corrected chi connectivity index (χ2v) is 6.76. The Morgan fingerprint density at radius 2 is 1.86 bits per heavy atom. The molecule has 0 aliphatic heterocycles. The third-order valence-corrected chi connectivity index (χ3v) is 5.04. The Morgan fingerprint density at radius 3 is 2.45 bits per heavy atom. The number of thiazole rings is 1. The SMILES string of the molecule is COc1c(C)cc2nc(N(C)C)sc2c1-c1ccc(Cl)cc1. The second kappa shape index (κ2) is 5.78. The Hall–Kier alpha value is -1.78. The highest BCUT2D eigenvalue weighted by atomic mass is 35.5. The molecule has 3 nitrogen and oxygen atoms in total. The van der Waals surface area contributed by atoms with Crippen LogP contribution in [0.3, 0.4) is 0 Å². The van der Waals surface area contributed by atoms with Crippen molar-refractivity contribution in [1.29, 1.82) is 0 Å². The normalized spacial score (nSPS) is 11.0. The van der Waals surface area contributed by atoms with Crippen LogP contribution in [0.15, 0.2) is 30.3 Å². The minimum atomic E-state index is 0.727. The molecule has 0 saturated heterocycles. The number of aryl methyl sites for hydroxylation is 1. The fourth-order valence-corrected chi connectivity index (χ4v) is 3.66. The molecule has 0 N–H and O–H groups in total. The summed E-state index contributed by atoms with van der Waals surface area (Å²) < 4.78 is 6.80. The van der Waals surface area contributed by atoms with Crippen LogP contribution in [0.1, 0.15) is 5.56 Å². The molecule has 0 aliphatic rings. The summed E-state index contributed by atoms with van der Waals surface area (Å²) in [5.41, 5.74) is 4.25. The van der Waals surface area contributed by atoms with Crippen molar-refractivity contribution in [3.05, 3.63) is 40.9 Å². The van der Waals surface area contributed by atoms with Crippen LogP contribution < -0.4 is 9.64 Å². The topological polar surface area (TPSA) is 25.4 Å². The highest BCUT2D eigenvalue weighted by Crippen LogP contribution is 2.43. The minimum absolute atomic E-state index is 0.727. The number of rotatable bonds is 3. The quantitative estimate of drug-likeness (QED) is 0.675. The Kier molecular flexibility index (Phi) is 3.98. The summed E-state index contributed by atoms with van der Waals surface area (Å²) in [7, 11) is 5.72. The van der Waals surface area contributed by atoms with E-state index in [-0.39, 0.29) is 0 Å². The summed E-state index contributed by atoms with van der Waals surface area (Å²) in [5, 5.41) is 1.71. The van der Waals surface area contributed by atoms with Crippen LogP contribution in [0.4, 0.5) is 5.13 Å². The number of hydrogen-bond donors (Lipinski definition) is 0. The summed E-state index contributed by atoms with van der Waals surface area (Å²) in [6.07, 6.45) is 0. The molecule has 0 saturated carbocycles. The highest BCUT2D eigenvalue weighted by molar-refractivity contribution is 7.22. The molecule has 5 heteroatoms. The molecule has 1 heterocycles. The fourth-order valence-electron chi connectivity index (χ4n) is 2.50. The monoisotopic (exact) mass is 332 g/mol. The van der Waals surface area contributed by atoms with Gasteiger partial charge in [-0.15, -0.1) is 0 Å². The molecule has 0 amide bonds. The van der Waals surface area contributed by atoms with E-state index in [0.29, 0.717) is 0 Å². The van der Waals surface area contributed by atoms with Crippen LogP contribution in [0.2, 0.25) is 5.02 Å². The summed E-state index contributed by atoms with van der Waals surface area (Å²) in [5.74, 6) is 0.892. The van der Waals surface area contributed by atoms with Crippen molar-refractivity contribution in [1.82, 2.24) is 4.98 Å². The Bertz CT molecular complexity index is 825. The number of fused-ring (bicyclic) bond motifs is 1. The van der Waals surface area contributed by atoms with E-state index in [2.05, 4.69) is 6.07 Å². The van der Waals surface area contributed by atoms with E-state index in [4.69, 9.17) is 21.3 Å². The van der Waals surface area contributed by atoms with Gasteiger partial charge in [0.05, 0.1) is 17.3 Å². The zero-order chi connectivity index (χ0) is 15.9. The van der Waals surface area contributed by atoms with Gasteiger partial charge in [0, 0.05) is 24.7 Å². The molecule has 0 unspecified atom stereocenters. The van der Waals surface area contributed by atoms with E-state index >= 15 is 0 Å². The van der Waals surface area contributed by atoms with Crippen molar-refractivity contribution < 1.29 is 4.74 Å². The highest BCUT2D eigenvalue weighted by Gasteiger charge is 2.18. The van der Waals surface area contributed by atoms with Gasteiger partial charge in [-0.2, -0.15) is 0 Å². The van der Waals surface area contributed by atoms with E-state index in [0.717, 1.165) is 42.8 Å². The second-order valence-electron chi connectivity index (χ2n) is 5.35. The third-order valence-electron chi connectivity index (χ3n) is 3.53. The van der Waals surface area contributed by atoms with Crippen LogP contribution in [0.25, 0.3) is 21.3 Å². The van der Waals surface area contributed by atoms with Crippen molar-refractivity contribution in [2.45, 2.75) is 6.92 Å². The lowest BCUT2D eigenvalue weighted by atomic mass is 10.0. The maximum absolute atomic E-state index is 6.02. The summed E-state index contributed by atoms with van der Waals surface area (Å²) in [6.45, 7) is 2.05. The third kappa shape index (κ3) is 2.53. The molecule has 22 heavy (non-hydrogen) atoms. The molecule has 3 aromatic rings. The first-order valence-corrected chi connectivity index (χ1v) is 8.12. The van der Waals surface area contributed by atoms with E-state index in [1.165, 1.54) is 0 Å². The molecule has 2 aromatic carbocycles. The standard InChI is InChI=1S/C17H17ClN2OS/c1-10-9-13-16(22-17(19-13)20(2)3)14(15(10)21-4)11-5-7-12(18)8-6-11/h5-9H,1-4H3. The number of halogens is 1. The molecule has 3 rings (SSSR count). The van der Waals surface area contributed by atoms with Gasteiger partial charge in [0.15, 0.2) is 5.13 Å². The van der Waals surface area contributed by atoms with Gasteiger partial charge < -0.3 is 9.64 Å². The summed E-state index contributed by atoms with van der Waals surface area (Å²) in [6, 6.07) is 9.93. The lowest BCUT2D eigenvalue weighted by Crippen LogP contribution is -2.07.